The molecule has 1 aromatic heterocycles. The second kappa shape index (κ2) is 17.4. The maximum absolute atomic E-state index is 12.6. The summed E-state index contributed by atoms with van der Waals surface area (Å²) < 4.78 is 54.3. The summed E-state index contributed by atoms with van der Waals surface area (Å²) in [5.41, 5.74) is 0. The van der Waals surface area contributed by atoms with Crippen LogP contribution in [0.25, 0.3) is 12.2 Å². The minimum absolute atomic E-state index is 0.00317. The van der Waals surface area contributed by atoms with E-state index in [-0.39, 0.29) is 52.7 Å². The zero-order chi connectivity index (χ0) is 28.5. The first-order valence-corrected chi connectivity index (χ1v) is 13.4. The standard InChI is InChI=1S/C22H34N6O10S/c1-3-18-23-19(4-2)25-21(24-18)27-5-9-34-13-15-36-11-7-28(8-12-37-16-14-35-10-6-27)39(32,33)26-22(31)38-17-20(29)30/h3-4H,1-2,5-17H2,(H,26,31)(H,29,30). The summed E-state index contributed by atoms with van der Waals surface area (Å²) in [5, 5.41) is 8.57. The minimum atomic E-state index is -4.34. The van der Waals surface area contributed by atoms with Crippen LogP contribution in [-0.4, -0.2) is 130 Å². The number of carbonyl (C=O) groups excluding carboxylic acids is 1. The lowest BCUT2D eigenvalue weighted by atomic mass is 10.4. The van der Waals surface area contributed by atoms with Crippen LogP contribution in [0.2, 0.25) is 0 Å². The van der Waals surface area contributed by atoms with Crippen molar-refractivity contribution in [2.75, 3.05) is 90.5 Å². The molecular formula is C22H34N6O10S. The van der Waals surface area contributed by atoms with Crippen LogP contribution in [0.5, 0.6) is 0 Å². The number of aromatic nitrogens is 3. The highest BCUT2D eigenvalue weighted by Gasteiger charge is 2.25. The molecule has 0 atom stereocenters. The molecule has 1 saturated heterocycles. The number of carboxylic acids is 1. The maximum Gasteiger partial charge on any atom is 0.422 e. The van der Waals surface area contributed by atoms with Crippen molar-refractivity contribution in [3.8, 4) is 0 Å². The van der Waals surface area contributed by atoms with Gasteiger partial charge in [-0.05, 0) is 12.2 Å². The lowest BCUT2D eigenvalue weighted by molar-refractivity contribution is -0.140. The van der Waals surface area contributed by atoms with Crippen molar-refractivity contribution in [2.24, 2.45) is 0 Å². The molecule has 1 amide bonds. The highest BCUT2D eigenvalue weighted by Crippen LogP contribution is 2.10. The van der Waals surface area contributed by atoms with Crippen LogP contribution in [0, 0.1) is 0 Å². The van der Waals surface area contributed by atoms with Gasteiger partial charge in [0.1, 0.15) is 0 Å². The largest absolute Gasteiger partial charge is 0.479 e. The van der Waals surface area contributed by atoms with Gasteiger partial charge in [0.2, 0.25) is 5.95 Å². The van der Waals surface area contributed by atoms with Crippen LogP contribution < -0.4 is 9.62 Å². The molecule has 0 aromatic carbocycles. The number of amides is 1. The van der Waals surface area contributed by atoms with Crippen LogP contribution in [-0.2, 0) is 38.7 Å². The van der Waals surface area contributed by atoms with Gasteiger partial charge in [-0.15, -0.1) is 0 Å². The molecule has 17 heteroatoms. The lowest BCUT2D eigenvalue weighted by Crippen LogP contribution is -2.46. The number of carbonyl (C=O) groups is 2. The number of hydrogen-bond donors (Lipinski definition) is 2. The van der Waals surface area contributed by atoms with Gasteiger partial charge in [0.15, 0.2) is 18.3 Å². The van der Waals surface area contributed by atoms with Gasteiger partial charge in [-0.25, -0.2) is 19.3 Å². The number of aliphatic carboxylic acids is 1. The number of nitrogens with one attached hydrogen (secondary N) is 1. The van der Waals surface area contributed by atoms with E-state index in [9.17, 15) is 18.0 Å². The first kappa shape index (κ1) is 32.0. The Morgan fingerprint density at radius 1 is 0.846 bits per heavy atom. The predicted molar refractivity (Wildman–Crippen MR) is 138 cm³/mol. The molecule has 0 radical (unpaired) electrons. The molecule has 2 rings (SSSR count). The van der Waals surface area contributed by atoms with E-state index in [1.54, 1.807) is 4.72 Å². The predicted octanol–water partition coefficient (Wildman–Crippen LogP) is -0.598. The first-order chi connectivity index (χ1) is 18.7. The summed E-state index contributed by atoms with van der Waals surface area (Å²) in [4.78, 5) is 37.1. The molecule has 0 unspecified atom stereocenters. The van der Waals surface area contributed by atoms with E-state index in [4.69, 9.17) is 24.1 Å². The van der Waals surface area contributed by atoms with Crippen LogP contribution in [0.15, 0.2) is 13.2 Å². The molecule has 39 heavy (non-hydrogen) atoms. The van der Waals surface area contributed by atoms with Crippen molar-refractivity contribution < 1.29 is 46.8 Å². The van der Waals surface area contributed by atoms with Crippen molar-refractivity contribution in [1.29, 1.82) is 0 Å². The van der Waals surface area contributed by atoms with E-state index in [0.717, 1.165) is 4.31 Å². The molecule has 0 aliphatic carbocycles. The smallest absolute Gasteiger partial charge is 0.422 e. The van der Waals surface area contributed by atoms with Gasteiger partial charge in [0.25, 0.3) is 0 Å². The molecule has 2 N–H and O–H groups in total. The Hall–Kier alpha value is -3.22. The fourth-order valence-electron chi connectivity index (χ4n) is 3.04. The quantitative estimate of drug-likeness (QED) is 0.419. The second-order valence-electron chi connectivity index (χ2n) is 7.67. The number of hydrogen-bond acceptors (Lipinski definition) is 13. The Bertz CT molecular complexity index is 1010. The zero-order valence-corrected chi connectivity index (χ0v) is 22.3. The third-order valence-corrected chi connectivity index (χ3v) is 6.38. The van der Waals surface area contributed by atoms with Crippen molar-refractivity contribution in [1.82, 2.24) is 24.0 Å². The number of rotatable bonds is 7. The number of anilines is 1. The molecule has 1 aromatic rings. The normalized spacial score (nSPS) is 17.8. The van der Waals surface area contributed by atoms with E-state index < -0.39 is 28.9 Å². The Labute approximate surface area is 226 Å². The summed E-state index contributed by atoms with van der Waals surface area (Å²) in [5.74, 6) is -0.152. The van der Waals surface area contributed by atoms with Gasteiger partial charge < -0.3 is 33.7 Å². The molecule has 1 fully saturated rings. The number of nitrogens with zero attached hydrogens (tertiary/aromatic N) is 5. The molecule has 16 nitrogen and oxygen atoms in total. The highest BCUT2D eigenvalue weighted by atomic mass is 32.2. The molecule has 0 saturated carbocycles. The highest BCUT2D eigenvalue weighted by molar-refractivity contribution is 7.87. The van der Waals surface area contributed by atoms with Crippen molar-refractivity contribution in [3.63, 3.8) is 0 Å². The topological polar surface area (TPSA) is 192 Å². The summed E-state index contributed by atoms with van der Waals surface area (Å²) in [6.45, 7) is 8.65. The molecule has 2 heterocycles. The van der Waals surface area contributed by atoms with E-state index in [0.29, 0.717) is 43.9 Å². The van der Waals surface area contributed by atoms with Crippen molar-refractivity contribution in [3.05, 3.63) is 24.8 Å². The van der Waals surface area contributed by atoms with Crippen LogP contribution in [0.4, 0.5) is 10.7 Å². The summed E-state index contributed by atoms with van der Waals surface area (Å²) in [7, 11) is -4.34. The summed E-state index contributed by atoms with van der Waals surface area (Å²) in [6.07, 6.45) is 1.64. The lowest BCUT2D eigenvalue weighted by Gasteiger charge is -2.24. The molecular weight excluding hydrogens is 540 g/mol. The second-order valence-corrected chi connectivity index (χ2v) is 9.34. The average molecular weight is 575 g/mol. The number of carboxylic acid groups (broad SMARTS) is 1. The molecule has 218 valence electrons. The van der Waals surface area contributed by atoms with Crippen molar-refractivity contribution in [2.45, 2.75) is 0 Å². The Kier molecular flexibility index (Phi) is 14.3. The average Bonchev–Trinajstić information content (AvgIpc) is 2.91. The molecule has 0 spiro atoms. The third kappa shape index (κ3) is 12.5. The summed E-state index contributed by atoms with van der Waals surface area (Å²) in [6, 6.07) is 0. The fraction of sp³-hybridized carbons (Fsp3) is 0.591. The molecule has 0 bridgehead atoms. The Morgan fingerprint density at radius 3 is 1.74 bits per heavy atom. The Morgan fingerprint density at radius 2 is 1.31 bits per heavy atom. The SMILES string of the molecule is C=Cc1nc(C=C)nc(N2CCOCCOCCN(S(=O)(=O)NC(=O)OCC(=O)O)CCOCCOCC2)n1. The van der Waals surface area contributed by atoms with Gasteiger partial charge in [-0.1, -0.05) is 13.2 Å². The van der Waals surface area contributed by atoms with E-state index in [1.807, 2.05) is 4.90 Å². The number of ether oxygens (including phenoxy) is 5. The van der Waals surface area contributed by atoms with Gasteiger partial charge in [0.05, 0.1) is 52.9 Å². The fourth-order valence-corrected chi connectivity index (χ4v) is 4.07. The van der Waals surface area contributed by atoms with Crippen LogP contribution in [0.3, 0.4) is 0 Å². The van der Waals surface area contributed by atoms with E-state index in [1.165, 1.54) is 12.2 Å². The molecule has 1 aliphatic heterocycles. The minimum Gasteiger partial charge on any atom is -0.479 e. The maximum atomic E-state index is 12.6. The van der Waals surface area contributed by atoms with Crippen LogP contribution >= 0.6 is 0 Å². The molecule has 1 aliphatic rings. The monoisotopic (exact) mass is 574 g/mol. The third-order valence-electron chi connectivity index (χ3n) is 4.91. The van der Waals surface area contributed by atoms with Crippen molar-refractivity contribution >= 4 is 40.4 Å². The van der Waals surface area contributed by atoms with Gasteiger partial charge in [-0.3, -0.25) is 0 Å². The van der Waals surface area contributed by atoms with Gasteiger partial charge in [0, 0.05) is 26.2 Å². The van der Waals surface area contributed by atoms with Gasteiger partial charge in [-0.2, -0.15) is 22.7 Å². The van der Waals surface area contributed by atoms with Gasteiger partial charge >= 0.3 is 22.3 Å². The van der Waals surface area contributed by atoms with Crippen LogP contribution in [0.1, 0.15) is 11.6 Å². The zero-order valence-electron chi connectivity index (χ0n) is 21.5. The summed E-state index contributed by atoms with van der Waals surface area (Å²) >= 11 is 0. The van der Waals surface area contributed by atoms with E-state index in [2.05, 4.69) is 32.8 Å². The van der Waals surface area contributed by atoms with E-state index >= 15 is 0 Å². The first-order valence-electron chi connectivity index (χ1n) is 12.0. The Balaban J connectivity index is 1.95.